The van der Waals surface area contributed by atoms with E-state index in [1.165, 1.54) is 13.8 Å². The fourth-order valence-electron chi connectivity index (χ4n) is 8.04. The number of rotatable bonds is 4. The van der Waals surface area contributed by atoms with Crippen LogP contribution in [0.5, 0.6) is 0 Å². The lowest BCUT2D eigenvalue weighted by Crippen LogP contribution is -2.62. The van der Waals surface area contributed by atoms with Gasteiger partial charge < -0.3 is 14.6 Å². The zero-order chi connectivity index (χ0) is 21.9. The van der Waals surface area contributed by atoms with Gasteiger partial charge in [-0.25, -0.2) is 4.79 Å². The Morgan fingerprint density at radius 1 is 1.03 bits per heavy atom. The van der Waals surface area contributed by atoms with E-state index in [9.17, 15) is 19.5 Å². The number of carbonyl (C=O) groups excluding carboxylic acids is 2. The summed E-state index contributed by atoms with van der Waals surface area (Å²) in [5.74, 6) is -0.534. The molecule has 6 heteroatoms. The van der Waals surface area contributed by atoms with Crippen LogP contribution in [0.1, 0.15) is 72.6 Å². The van der Waals surface area contributed by atoms with E-state index in [1.807, 2.05) is 0 Å². The van der Waals surface area contributed by atoms with Crippen molar-refractivity contribution < 1.29 is 29.0 Å². The standard InChI is InChI=1S/C24H34O6/c1-14(25)29-13-23(4)18-7-10-24-11-16(17(12-24)21(27)28)5-6-19(24)22(18,3)9-8-20(23)30-15(2)26/h12,16,18-20H,5-11,13H2,1-4H3,(H,27,28). The lowest BCUT2D eigenvalue weighted by molar-refractivity contribution is -0.210. The first kappa shape index (κ1) is 21.4. The summed E-state index contributed by atoms with van der Waals surface area (Å²) >= 11 is 0. The summed E-state index contributed by atoms with van der Waals surface area (Å²) in [5, 5.41) is 9.70. The molecule has 4 rings (SSSR count). The average Bonchev–Trinajstić information content (AvgIpc) is 2.93. The smallest absolute Gasteiger partial charge is 0.331 e. The summed E-state index contributed by atoms with van der Waals surface area (Å²) in [4.78, 5) is 35.3. The number of hydrogen-bond donors (Lipinski definition) is 1. The van der Waals surface area contributed by atoms with Gasteiger partial charge in [0.2, 0.25) is 0 Å². The zero-order valence-corrected chi connectivity index (χ0v) is 18.5. The third kappa shape index (κ3) is 3.09. The molecule has 7 atom stereocenters. The number of ether oxygens (including phenoxy) is 2. The fraction of sp³-hybridized carbons (Fsp3) is 0.792. The molecule has 7 unspecified atom stereocenters. The van der Waals surface area contributed by atoms with E-state index in [0.29, 0.717) is 11.5 Å². The van der Waals surface area contributed by atoms with Gasteiger partial charge in [0.05, 0.1) is 0 Å². The van der Waals surface area contributed by atoms with Crippen LogP contribution in [0.25, 0.3) is 0 Å². The van der Waals surface area contributed by atoms with Crippen molar-refractivity contribution in [3.8, 4) is 0 Å². The van der Waals surface area contributed by atoms with Crippen molar-refractivity contribution in [3.05, 3.63) is 11.6 Å². The van der Waals surface area contributed by atoms with Crippen LogP contribution >= 0.6 is 0 Å². The second kappa shape index (κ2) is 7.10. The molecule has 166 valence electrons. The highest BCUT2D eigenvalue weighted by Gasteiger charge is 2.65. The summed E-state index contributed by atoms with van der Waals surface area (Å²) < 4.78 is 11.3. The van der Waals surface area contributed by atoms with Crippen molar-refractivity contribution in [1.29, 1.82) is 0 Å². The number of carboxylic acids is 1. The Morgan fingerprint density at radius 2 is 1.77 bits per heavy atom. The van der Waals surface area contributed by atoms with Crippen LogP contribution in [0.3, 0.4) is 0 Å². The second-order valence-electron chi connectivity index (χ2n) is 10.7. The molecule has 4 aliphatic rings. The summed E-state index contributed by atoms with van der Waals surface area (Å²) in [5.41, 5.74) is 0.147. The van der Waals surface area contributed by atoms with Crippen molar-refractivity contribution in [2.75, 3.05) is 6.61 Å². The molecule has 3 fully saturated rings. The van der Waals surface area contributed by atoms with Gasteiger partial charge in [-0.3, -0.25) is 9.59 Å². The van der Waals surface area contributed by atoms with Crippen LogP contribution in [0.15, 0.2) is 11.6 Å². The van der Waals surface area contributed by atoms with Crippen LogP contribution in [0.4, 0.5) is 0 Å². The molecule has 30 heavy (non-hydrogen) atoms. The third-order valence-electron chi connectivity index (χ3n) is 9.12. The molecule has 1 spiro atoms. The van der Waals surface area contributed by atoms with Gasteiger partial charge in [0.15, 0.2) is 0 Å². The van der Waals surface area contributed by atoms with Gasteiger partial charge in [0.25, 0.3) is 0 Å². The highest BCUT2D eigenvalue weighted by atomic mass is 16.6. The van der Waals surface area contributed by atoms with Crippen LogP contribution < -0.4 is 0 Å². The quantitative estimate of drug-likeness (QED) is 0.691. The molecular formula is C24H34O6. The van der Waals surface area contributed by atoms with E-state index in [4.69, 9.17) is 9.47 Å². The van der Waals surface area contributed by atoms with Gasteiger partial charge in [0, 0.05) is 24.8 Å². The van der Waals surface area contributed by atoms with Crippen LogP contribution in [-0.2, 0) is 23.9 Å². The number of fused-ring (bicyclic) bond motifs is 3. The molecular weight excluding hydrogens is 384 g/mol. The SMILES string of the molecule is CC(=O)OCC1(C)C(OC(C)=O)CCC2(C)C3CCC4CC3(C=C4C(=O)O)CCC12. The van der Waals surface area contributed by atoms with E-state index in [0.717, 1.165) is 44.9 Å². The Balaban J connectivity index is 1.70. The first-order valence-electron chi connectivity index (χ1n) is 11.3. The maximum Gasteiger partial charge on any atom is 0.331 e. The minimum atomic E-state index is -0.761. The molecule has 4 aliphatic carbocycles. The number of aliphatic carboxylic acids is 1. The van der Waals surface area contributed by atoms with E-state index < -0.39 is 11.4 Å². The van der Waals surface area contributed by atoms with E-state index >= 15 is 0 Å². The van der Waals surface area contributed by atoms with Gasteiger partial charge in [0.1, 0.15) is 12.7 Å². The van der Waals surface area contributed by atoms with E-state index in [1.54, 1.807) is 0 Å². The third-order valence-corrected chi connectivity index (χ3v) is 9.12. The highest BCUT2D eigenvalue weighted by molar-refractivity contribution is 5.88. The maximum absolute atomic E-state index is 11.8. The molecule has 0 saturated heterocycles. The number of allylic oxidation sites excluding steroid dienone is 1. The molecule has 0 aromatic heterocycles. The molecule has 0 amide bonds. The summed E-state index contributed by atoms with van der Waals surface area (Å²) in [6.07, 6.45) is 8.33. The van der Waals surface area contributed by atoms with Gasteiger partial charge in [-0.15, -0.1) is 0 Å². The van der Waals surface area contributed by atoms with Crippen LogP contribution in [0.2, 0.25) is 0 Å². The van der Waals surface area contributed by atoms with Crippen molar-refractivity contribution >= 4 is 17.9 Å². The Hall–Kier alpha value is -1.85. The molecule has 1 N–H and O–H groups in total. The van der Waals surface area contributed by atoms with E-state index in [-0.39, 0.29) is 47.3 Å². The van der Waals surface area contributed by atoms with Crippen LogP contribution in [0, 0.1) is 34.0 Å². The first-order chi connectivity index (χ1) is 14.0. The number of carbonyl (C=O) groups is 3. The lowest BCUT2D eigenvalue weighted by Gasteiger charge is -2.65. The Labute approximate surface area is 178 Å². The zero-order valence-electron chi connectivity index (χ0n) is 18.5. The van der Waals surface area contributed by atoms with Gasteiger partial charge in [-0.1, -0.05) is 19.9 Å². The molecule has 2 bridgehead atoms. The van der Waals surface area contributed by atoms with Gasteiger partial charge >= 0.3 is 17.9 Å². The number of carboxylic acid groups (broad SMARTS) is 1. The molecule has 6 nitrogen and oxygen atoms in total. The second-order valence-corrected chi connectivity index (χ2v) is 10.7. The largest absolute Gasteiger partial charge is 0.478 e. The molecule has 0 heterocycles. The monoisotopic (exact) mass is 418 g/mol. The molecule has 0 aromatic rings. The van der Waals surface area contributed by atoms with Gasteiger partial charge in [-0.2, -0.15) is 0 Å². The maximum atomic E-state index is 11.8. The summed E-state index contributed by atoms with van der Waals surface area (Å²) in [6.45, 7) is 7.57. The number of hydrogen-bond acceptors (Lipinski definition) is 5. The lowest BCUT2D eigenvalue weighted by atomic mass is 9.40. The predicted octanol–water partition coefficient (Wildman–Crippen LogP) is 4.12. The summed E-state index contributed by atoms with van der Waals surface area (Å²) in [6, 6.07) is 0. The predicted molar refractivity (Wildman–Crippen MR) is 109 cm³/mol. The molecule has 0 aliphatic heterocycles. The Kier molecular flexibility index (Phi) is 5.06. The fourth-order valence-corrected chi connectivity index (χ4v) is 8.04. The molecule has 0 aromatic carbocycles. The van der Waals surface area contributed by atoms with E-state index in [2.05, 4.69) is 19.9 Å². The van der Waals surface area contributed by atoms with Gasteiger partial charge in [-0.05, 0) is 73.5 Å². The first-order valence-corrected chi connectivity index (χ1v) is 11.3. The van der Waals surface area contributed by atoms with Crippen molar-refractivity contribution in [3.63, 3.8) is 0 Å². The Morgan fingerprint density at radius 3 is 2.40 bits per heavy atom. The topological polar surface area (TPSA) is 89.9 Å². The average molecular weight is 419 g/mol. The number of esters is 2. The Bertz CT molecular complexity index is 802. The van der Waals surface area contributed by atoms with Crippen molar-refractivity contribution in [2.24, 2.45) is 34.0 Å². The van der Waals surface area contributed by atoms with Crippen LogP contribution in [-0.4, -0.2) is 35.7 Å². The molecule has 3 saturated carbocycles. The molecule has 0 radical (unpaired) electrons. The minimum Gasteiger partial charge on any atom is -0.478 e. The minimum absolute atomic E-state index is 0.000772. The highest BCUT2D eigenvalue weighted by Crippen LogP contribution is 2.71. The normalized spacial score (nSPS) is 44.3. The van der Waals surface area contributed by atoms with Crippen molar-refractivity contribution in [1.82, 2.24) is 0 Å². The summed E-state index contributed by atoms with van der Waals surface area (Å²) in [7, 11) is 0. The van der Waals surface area contributed by atoms with Crippen molar-refractivity contribution in [2.45, 2.75) is 78.7 Å².